The van der Waals surface area contributed by atoms with Crippen LogP contribution in [0.25, 0.3) is 11.0 Å². The zero-order valence-electron chi connectivity index (χ0n) is 11.6. The van der Waals surface area contributed by atoms with Crippen LogP contribution in [0.2, 0.25) is 0 Å². The van der Waals surface area contributed by atoms with Crippen molar-refractivity contribution in [2.45, 2.75) is 6.92 Å². The average molecular weight is 296 g/mol. The standard InChI is InChI=1S/C16H12N2O4/c1-9-11-7-6-10(19)8-14(11)22-16(21)15(9)18-17-12-4-2-3-5-13(12)20/h2-8,19-20H,1H3. The minimum Gasteiger partial charge on any atom is -0.508 e. The quantitative estimate of drug-likeness (QED) is 0.553. The van der Waals surface area contributed by atoms with E-state index in [1.54, 1.807) is 31.2 Å². The normalized spacial score (nSPS) is 11.3. The van der Waals surface area contributed by atoms with Gasteiger partial charge in [-0.15, -0.1) is 10.2 Å². The molecule has 0 saturated heterocycles. The number of para-hydroxylation sites is 1. The van der Waals surface area contributed by atoms with Crippen LogP contribution in [-0.4, -0.2) is 10.2 Å². The van der Waals surface area contributed by atoms with Crippen molar-refractivity contribution >= 4 is 22.3 Å². The molecule has 2 N–H and O–H groups in total. The average Bonchev–Trinajstić information content (AvgIpc) is 2.48. The SMILES string of the molecule is Cc1c(N=Nc2ccccc2O)c(=O)oc2cc(O)ccc12. The number of fused-ring (bicyclic) bond motifs is 1. The highest BCUT2D eigenvalue weighted by Gasteiger charge is 2.11. The van der Waals surface area contributed by atoms with E-state index in [1.807, 2.05) is 0 Å². The van der Waals surface area contributed by atoms with Crippen LogP contribution in [0.1, 0.15) is 5.56 Å². The van der Waals surface area contributed by atoms with Gasteiger partial charge in [0.05, 0.1) is 0 Å². The second-order valence-electron chi connectivity index (χ2n) is 4.73. The third-order valence-electron chi connectivity index (χ3n) is 3.26. The lowest BCUT2D eigenvalue weighted by molar-refractivity contribution is 0.473. The Morgan fingerprint density at radius 1 is 1.05 bits per heavy atom. The van der Waals surface area contributed by atoms with Crippen LogP contribution in [0.4, 0.5) is 11.4 Å². The van der Waals surface area contributed by atoms with Gasteiger partial charge in [0.25, 0.3) is 0 Å². The fourth-order valence-electron chi connectivity index (χ4n) is 2.10. The number of hydrogen-bond donors (Lipinski definition) is 2. The van der Waals surface area contributed by atoms with Gasteiger partial charge in [0, 0.05) is 11.5 Å². The van der Waals surface area contributed by atoms with Gasteiger partial charge in [-0.25, -0.2) is 4.79 Å². The van der Waals surface area contributed by atoms with Crippen molar-refractivity contribution in [1.82, 2.24) is 0 Å². The van der Waals surface area contributed by atoms with Crippen LogP contribution >= 0.6 is 0 Å². The maximum Gasteiger partial charge on any atom is 0.364 e. The van der Waals surface area contributed by atoms with Crippen LogP contribution in [-0.2, 0) is 0 Å². The molecular weight excluding hydrogens is 284 g/mol. The molecule has 6 nitrogen and oxygen atoms in total. The molecule has 0 atom stereocenters. The maximum absolute atomic E-state index is 12.0. The Morgan fingerprint density at radius 2 is 1.82 bits per heavy atom. The highest BCUT2D eigenvalue weighted by Crippen LogP contribution is 2.30. The molecule has 0 aliphatic heterocycles. The van der Waals surface area contributed by atoms with Gasteiger partial charge >= 0.3 is 5.63 Å². The van der Waals surface area contributed by atoms with Crippen molar-refractivity contribution in [1.29, 1.82) is 0 Å². The van der Waals surface area contributed by atoms with E-state index < -0.39 is 5.63 Å². The number of azo groups is 1. The first-order valence-corrected chi connectivity index (χ1v) is 6.52. The van der Waals surface area contributed by atoms with Gasteiger partial charge in [0.15, 0.2) is 5.69 Å². The number of benzene rings is 2. The minimum atomic E-state index is -0.658. The van der Waals surface area contributed by atoms with E-state index in [2.05, 4.69) is 10.2 Å². The van der Waals surface area contributed by atoms with E-state index in [9.17, 15) is 15.0 Å². The molecule has 0 aliphatic rings. The van der Waals surface area contributed by atoms with Crippen LogP contribution in [0.3, 0.4) is 0 Å². The van der Waals surface area contributed by atoms with Gasteiger partial charge < -0.3 is 14.6 Å². The minimum absolute atomic E-state index is 0.0126. The molecule has 0 amide bonds. The summed E-state index contributed by atoms with van der Waals surface area (Å²) in [7, 11) is 0. The van der Waals surface area contributed by atoms with E-state index in [0.717, 1.165) is 0 Å². The smallest absolute Gasteiger partial charge is 0.364 e. The predicted octanol–water partition coefficient (Wildman–Crippen LogP) is 3.93. The first-order chi connectivity index (χ1) is 10.6. The van der Waals surface area contributed by atoms with Crippen molar-refractivity contribution in [3.8, 4) is 11.5 Å². The molecule has 0 unspecified atom stereocenters. The van der Waals surface area contributed by atoms with Crippen molar-refractivity contribution in [2.24, 2.45) is 10.2 Å². The molecule has 0 spiro atoms. The number of phenolic OH excluding ortho intramolecular Hbond substituents is 2. The Hall–Kier alpha value is -3.15. The maximum atomic E-state index is 12.0. The van der Waals surface area contributed by atoms with E-state index in [1.165, 1.54) is 18.2 Å². The molecule has 22 heavy (non-hydrogen) atoms. The molecule has 3 rings (SSSR count). The topological polar surface area (TPSA) is 95.4 Å². The number of aryl methyl sites for hydroxylation is 1. The Balaban J connectivity index is 2.14. The zero-order chi connectivity index (χ0) is 15.7. The van der Waals surface area contributed by atoms with Gasteiger partial charge in [0.1, 0.15) is 22.8 Å². The van der Waals surface area contributed by atoms with Gasteiger partial charge in [0.2, 0.25) is 0 Å². The Morgan fingerprint density at radius 3 is 2.59 bits per heavy atom. The fourth-order valence-corrected chi connectivity index (χ4v) is 2.10. The van der Waals surface area contributed by atoms with Crippen LogP contribution < -0.4 is 5.63 Å². The molecular formula is C16H12N2O4. The lowest BCUT2D eigenvalue weighted by Crippen LogP contribution is -2.00. The molecule has 3 aromatic rings. The molecule has 110 valence electrons. The van der Waals surface area contributed by atoms with Gasteiger partial charge in [-0.3, -0.25) is 0 Å². The van der Waals surface area contributed by atoms with Gasteiger partial charge in [-0.05, 0) is 36.8 Å². The first kappa shape index (κ1) is 13.8. The Kier molecular flexibility index (Phi) is 3.34. The van der Waals surface area contributed by atoms with Gasteiger partial charge in [-0.2, -0.15) is 0 Å². The molecule has 0 radical (unpaired) electrons. The molecule has 2 aromatic carbocycles. The summed E-state index contributed by atoms with van der Waals surface area (Å²) in [6, 6.07) is 10.9. The summed E-state index contributed by atoms with van der Waals surface area (Å²) in [6.07, 6.45) is 0. The summed E-state index contributed by atoms with van der Waals surface area (Å²) in [4.78, 5) is 12.0. The lowest BCUT2D eigenvalue weighted by Gasteiger charge is -2.03. The van der Waals surface area contributed by atoms with Crippen LogP contribution in [0.15, 0.2) is 61.9 Å². The zero-order valence-corrected chi connectivity index (χ0v) is 11.6. The highest BCUT2D eigenvalue weighted by atomic mass is 16.4. The second-order valence-corrected chi connectivity index (χ2v) is 4.73. The second kappa shape index (κ2) is 5.33. The number of phenols is 2. The summed E-state index contributed by atoms with van der Waals surface area (Å²) in [5, 5.41) is 27.5. The Bertz CT molecular complexity index is 945. The summed E-state index contributed by atoms with van der Waals surface area (Å²) in [5.74, 6) is -0.0161. The molecule has 0 aliphatic carbocycles. The number of hydrogen-bond acceptors (Lipinski definition) is 6. The summed E-state index contributed by atoms with van der Waals surface area (Å²) in [6.45, 7) is 1.72. The van der Waals surface area contributed by atoms with Crippen molar-refractivity contribution < 1.29 is 14.6 Å². The van der Waals surface area contributed by atoms with E-state index in [-0.39, 0.29) is 28.5 Å². The fraction of sp³-hybridized carbons (Fsp3) is 0.0625. The molecule has 6 heteroatoms. The number of rotatable bonds is 2. The van der Waals surface area contributed by atoms with Crippen molar-refractivity contribution in [3.63, 3.8) is 0 Å². The third kappa shape index (κ3) is 2.42. The lowest BCUT2D eigenvalue weighted by atomic mass is 10.1. The number of nitrogens with zero attached hydrogens (tertiary/aromatic N) is 2. The van der Waals surface area contributed by atoms with E-state index >= 15 is 0 Å². The molecule has 1 aromatic heterocycles. The molecule has 0 fully saturated rings. The summed E-state index contributed by atoms with van der Waals surface area (Å²) in [5.41, 5.74) is 0.526. The predicted molar refractivity (Wildman–Crippen MR) is 81.2 cm³/mol. The molecule has 0 bridgehead atoms. The van der Waals surface area contributed by atoms with Gasteiger partial charge in [-0.1, -0.05) is 12.1 Å². The van der Waals surface area contributed by atoms with Crippen LogP contribution in [0, 0.1) is 6.92 Å². The van der Waals surface area contributed by atoms with Crippen LogP contribution in [0.5, 0.6) is 11.5 Å². The van der Waals surface area contributed by atoms with Crippen molar-refractivity contribution in [2.75, 3.05) is 0 Å². The third-order valence-corrected chi connectivity index (χ3v) is 3.26. The highest BCUT2D eigenvalue weighted by molar-refractivity contribution is 5.84. The summed E-state index contributed by atoms with van der Waals surface area (Å²) >= 11 is 0. The monoisotopic (exact) mass is 296 g/mol. The van der Waals surface area contributed by atoms with E-state index in [4.69, 9.17) is 4.42 Å². The molecule has 1 heterocycles. The van der Waals surface area contributed by atoms with E-state index in [0.29, 0.717) is 10.9 Å². The largest absolute Gasteiger partial charge is 0.508 e. The number of aromatic hydroxyl groups is 2. The Labute approximate surface area is 125 Å². The molecule has 0 saturated carbocycles. The first-order valence-electron chi connectivity index (χ1n) is 6.52. The van der Waals surface area contributed by atoms with Crippen molar-refractivity contribution in [3.05, 3.63) is 58.4 Å². The summed E-state index contributed by atoms with van der Waals surface area (Å²) < 4.78 is 5.14.